The standard InChI is InChI=1S/C58H115NO11S/c1-3-5-7-9-11-13-14-15-16-17-18-19-20-21-22-23-24-25-26-27-28-29-30-31-32-33-34-35-36-37-38-40-42-44-46-48-54(62)59-51(52(61)47-45-43-41-39-12-10-8-6-4-2)50-68-58-56(64)57(70-71(65,66)67)55(63)53(49-60)69-58/h51-53,55-58,60-61,63-64H,3-50H2,1-2H3,(H,59,62)(H,65,66,67). The Morgan fingerprint density at radius 3 is 1.13 bits per heavy atom. The fraction of sp³-hybridized carbons (Fsp3) is 0.983. The molecule has 0 spiro atoms. The Hall–Kier alpha value is -0.900. The number of ether oxygens (including phenoxy) is 2. The molecule has 0 aliphatic carbocycles. The van der Waals surface area contributed by atoms with Gasteiger partial charge < -0.3 is 35.2 Å². The SMILES string of the molecule is CCCCCCCCCCCCCCCCCCCCCCCCCCCCCCCCCCCCCC(=O)NC(COC1OC(CO)C(O)C(OS(=O)(=O)O)C1O)C(O)CCCCCCCCCCC. The number of carbonyl (C=O) groups is 1. The summed E-state index contributed by atoms with van der Waals surface area (Å²) in [6, 6.07) is -0.851. The Bertz CT molecular complexity index is 1260. The summed E-state index contributed by atoms with van der Waals surface area (Å²) in [6.45, 7) is 3.46. The zero-order valence-corrected chi connectivity index (χ0v) is 46.9. The van der Waals surface area contributed by atoms with Crippen molar-refractivity contribution >= 4 is 16.3 Å². The van der Waals surface area contributed by atoms with Gasteiger partial charge in [-0.15, -0.1) is 0 Å². The molecule has 6 N–H and O–H groups in total. The molecule has 1 aliphatic heterocycles. The summed E-state index contributed by atoms with van der Waals surface area (Å²) in [5.74, 6) is -0.225. The Morgan fingerprint density at radius 2 is 0.817 bits per heavy atom. The topological polar surface area (TPSA) is 192 Å². The average Bonchev–Trinajstić information content (AvgIpc) is 3.34. The summed E-state index contributed by atoms with van der Waals surface area (Å²) >= 11 is 0. The predicted molar refractivity (Wildman–Crippen MR) is 292 cm³/mol. The molecule has 0 bridgehead atoms. The second-order valence-electron chi connectivity index (χ2n) is 21.7. The highest BCUT2D eigenvalue weighted by molar-refractivity contribution is 7.80. The van der Waals surface area contributed by atoms with Crippen LogP contribution in [0.15, 0.2) is 0 Å². The average molecular weight is 1030 g/mol. The second-order valence-corrected chi connectivity index (χ2v) is 22.7. The van der Waals surface area contributed by atoms with E-state index in [1.54, 1.807) is 0 Å². The number of amides is 1. The molecule has 1 heterocycles. The summed E-state index contributed by atoms with van der Waals surface area (Å²) in [7, 11) is -5.07. The summed E-state index contributed by atoms with van der Waals surface area (Å²) in [5.41, 5.74) is 0. The van der Waals surface area contributed by atoms with E-state index in [1.165, 1.54) is 231 Å². The van der Waals surface area contributed by atoms with Crippen molar-refractivity contribution in [1.82, 2.24) is 5.32 Å². The summed E-state index contributed by atoms with van der Waals surface area (Å²) in [6.07, 6.45) is 48.9. The molecule has 12 nitrogen and oxygen atoms in total. The van der Waals surface area contributed by atoms with Crippen LogP contribution in [0, 0.1) is 0 Å². The lowest BCUT2D eigenvalue weighted by Crippen LogP contribution is -2.61. The van der Waals surface area contributed by atoms with E-state index in [9.17, 15) is 38.2 Å². The maximum absolute atomic E-state index is 13.1. The molecule has 1 rings (SSSR count). The van der Waals surface area contributed by atoms with Crippen LogP contribution in [-0.4, -0.2) is 95.4 Å². The first-order valence-electron chi connectivity index (χ1n) is 30.4. The van der Waals surface area contributed by atoms with Gasteiger partial charge in [0.15, 0.2) is 6.29 Å². The van der Waals surface area contributed by atoms with Crippen molar-refractivity contribution in [3.05, 3.63) is 0 Å². The van der Waals surface area contributed by atoms with E-state index < -0.39 is 59.9 Å². The van der Waals surface area contributed by atoms with E-state index in [-0.39, 0.29) is 12.5 Å². The Labute approximate surface area is 437 Å². The van der Waals surface area contributed by atoms with Gasteiger partial charge in [-0.1, -0.05) is 290 Å². The van der Waals surface area contributed by atoms with Gasteiger partial charge in [-0.3, -0.25) is 9.35 Å². The lowest BCUT2D eigenvalue weighted by molar-refractivity contribution is -0.298. The lowest BCUT2D eigenvalue weighted by atomic mass is 9.99. The van der Waals surface area contributed by atoms with Crippen LogP contribution in [0.2, 0.25) is 0 Å². The Kier molecular flexibility index (Phi) is 46.7. The molecule has 0 aromatic heterocycles. The minimum Gasteiger partial charge on any atom is -0.394 e. The molecular formula is C58H115NO11S. The van der Waals surface area contributed by atoms with E-state index in [2.05, 4.69) is 23.3 Å². The fourth-order valence-electron chi connectivity index (χ4n) is 10.2. The maximum atomic E-state index is 13.1. The highest BCUT2D eigenvalue weighted by Gasteiger charge is 2.48. The number of carbonyl (C=O) groups excluding carboxylic acids is 1. The number of hydrogen-bond acceptors (Lipinski definition) is 10. The van der Waals surface area contributed by atoms with Gasteiger partial charge in [0, 0.05) is 6.42 Å². The molecule has 7 atom stereocenters. The van der Waals surface area contributed by atoms with Crippen LogP contribution in [0.1, 0.15) is 309 Å². The first-order chi connectivity index (χ1) is 34.5. The van der Waals surface area contributed by atoms with Gasteiger partial charge in [-0.25, -0.2) is 4.18 Å². The van der Waals surface area contributed by atoms with E-state index >= 15 is 0 Å². The van der Waals surface area contributed by atoms with Gasteiger partial charge in [0.2, 0.25) is 5.91 Å². The largest absolute Gasteiger partial charge is 0.397 e. The molecule has 71 heavy (non-hydrogen) atoms. The van der Waals surface area contributed by atoms with Crippen molar-refractivity contribution < 1.29 is 51.8 Å². The van der Waals surface area contributed by atoms with Gasteiger partial charge in [0.1, 0.15) is 24.4 Å². The number of aliphatic hydroxyl groups is 4. The maximum Gasteiger partial charge on any atom is 0.397 e. The molecule has 1 saturated heterocycles. The summed E-state index contributed by atoms with van der Waals surface area (Å²) in [4.78, 5) is 13.1. The van der Waals surface area contributed by atoms with Gasteiger partial charge >= 0.3 is 10.4 Å². The molecule has 1 amide bonds. The van der Waals surface area contributed by atoms with Crippen LogP contribution in [-0.2, 0) is 28.9 Å². The quantitative estimate of drug-likeness (QED) is 0.0251. The normalized spacial score (nSPS) is 19.3. The summed E-state index contributed by atoms with van der Waals surface area (Å²) in [5, 5.41) is 44.9. The predicted octanol–water partition coefficient (Wildman–Crippen LogP) is 14.5. The van der Waals surface area contributed by atoms with Crippen LogP contribution in [0.4, 0.5) is 0 Å². The molecule has 0 saturated carbocycles. The van der Waals surface area contributed by atoms with Gasteiger partial charge in [0.25, 0.3) is 0 Å². The third kappa shape index (κ3) is 41.0. The zero-order chi connectivity index (χ0) is 51.9. The molecular weight excluding hydrogens is 919 g/mol. The highest BCUT2D eigenvalue weighted by Crippen LogP contribution is 2.26. The smallest absolute Gasteiger partial charge is 0.394 e. The minimum absolute atomic E-state index is 0.225. The van der Waals surface area contributed by atoms with E-state index in [1.807, 2.05) is 0 Å². The minimum atomic E-state index is -5.07. The van der Waals surface area contributed by atoms with Crippen molar-refractivity contribution in [2.24, 2.45) is 0 Å². The van der Waals surface area contributed by atoms with E-state index in [0.29, 0.717) is 12.8 Å². The monoisotopic (exact) mass is 1030 g/mol. The van der Waals surface area contributed by atoms with Crippen LogP contribution in [0.5, 0.6) is 0 Å². The second kappa shape index (κ2) is 48.7. The van der Waals surface area contributed by atoms with E-state index in [0.717, 1.165) is 51.4 Å². The number of nitrogens with one attached hydrogen (secondary N) is 1. The molecule has 7 unspecified atom stereocenters. The van der Waals surface area contributed by atoms with Crippen LogP contribution < -0.4 is 5.32 Å². The number of aliphatic hydroxyl groups excluding tert-OH is 4. The third-order valence-corrected chi connectivity index (χ3v) is 15.4. The zero-order valence-electron chi connectivity index (χ0n) is 46.1. The van der Waals surface area contributed by atoms with Crippen molar-refractivity contribution in [3.8, 4) is 0 Å². The van der Waals surface area contributed by atoms with Crippen molar-refractivity contribution in [3.63, 3.8) is 0 Å². The van der Waals surface area contributed by atoms with Gasteiger partial charge in [0.05, 0.1) is 25.4 Å². The molecule has 424 valence electrons. The first kappa shape index (κ1) is 68.1. The number of rotatable bonds is 54. The molecule has 13 heteroatoms. The lowest BCUT2D eigenvalue weighted by Gasteiger charge is -2.41. The molecule has 0 aromatic rings. The molecule has 0 aromatic carbocycles. The van der Waals surface area contributed by atoms with E-state index in [4.69, 9.17) is 9.47 Å². The van der Waals surface area contributed by atoms with Crippen LogP contribution >= 0.6 is 0 Å². The van der Waals surface area contributed by atoms with Crippen molar-refractivity contribution in [2.45, 2.75) is 352 Å². The number of hydrogen-bond donors (Lipinski definition) is 6. The molecule has 1 fully saturated rings. The van der Waals surface area contributed by atoms with Gasteiger partial charge in [-0.2, -0.15) is 8.42 Å². The van der Waals surface area contributed by atoms with Crippen molar-refractivity contribution in [1.29, 1.82) is 0 Å². The molecule has 1 aliphatic rings. The van der Waals surface area contributed by atoms with Crippen LogP contribution in [0.25, 0.3) is 0 Å². The van der Waals surface area contributed by atoms with Crippen LogP contribution in [0.3, 0.4) is 0 Å². The van der Waals surface area contributed by atoms with Crippen molar-refractivity contribution in [2.75, 3.05) is 13.2 Å². The highest BCUT2D eigenvalue weighted by atomic mass is 32.3. The Balaban J connectivity index is 2.10. The first-order valence-corrected chi connectivity index (χ1v) is 31.8. The summed E-state index contributed by atoms with van der Waals surface area (Å²) < 4.78 is 47.7. The fourth-order valence-corrected chi connectivity index (χ4v) is 10.7. The Morgan fingerprint density at radius 1 is 0.507 bits per heavy atom. The molecule has 0 radical (unpaired) electrons. The third-order valence-electron chi connectivity index (χ3n) is 14.9. The number of unbranched alkanes of at least 4 members (excludes halogenated alkanes) is 42. The van der Waals surface area contributed by atoms with Gasteiger partial charge in [-0.05, 0) is 12.8 Å².